The van der Waals surface area contributed by atoms with E-state index in [0.29, 0.717) is 31.1 Å². The van der Waals surface area contributed by atoms with Crippen LogP contribution in [0.4, 0.5) is 5.82 Å². The third-order valence-electron chi connectivity index (χ3n) is 2.46. The lowest BCUT2D eigenvalue weighted by Gasteiger charge is -2.04. The molecule has 2 N–H and O–H groups in total. The zero-order chi connectivity index (χ0) is 13.5. The fourth-order valence-electron chi connectivity index (χ4n) is 1.55. The standard InChI is InChI=1S/C13H16N4O2/c1-10-8-12(17-19-10)16-13(18)5-7-14-9-11-4-2-3-6-15-11/h2-4,6,8,14H,5,7,9H2,1H3,(H,16,17,18). The predicted molar refractivity (Wildman–Crippen MR) is 70.4 cm³/mol. The van der Waals surface area contributed by atoms with Gasteiger partial charge in [0.15, 0.2) is 5.82 Å². The highest BCUT2D eigenvalue weighted by Crippen LogP contribution is 2.06. The molecule has 0 aliphatic rings. The van der Waals surface area contributed by atoms with E-state index in [1.807, 2.05) is 18.2 Å². The van der Waals surface area contributed by atoms with E-state index in [1.165, 1.54) is 0 Å². The lowest BCUT2D eigenvalue weighted by atomic mass is 10.3. The molecule has 0 saturated carbocycles. The first kappa shape index (κ1) is 13.2. The van der Waals surface area contributed by atoms with E-state index in [0.717, 1.165) is 5.69 Å². The van der Waals surface area contributed by atoms with E-state index in [9.17, 15) is 4.79 Å². The Balaban J connectivity index is 1.64. The van der Waals surface area contributed by atoms with Crippen LogP contribution < -0.4 is 10.6 Å². The number of pyridine rings is 1. The van der Waals surface area contributed by atoms with Crippen LogP contribution in [0.25, 0.3) is 0 Å². The smallest absolute Gasteiger partial charge is 0.226 e. The van der Waals surface area contributed by atoms with E-state index >= 15 is 0 Å². The molecule has 6 nitrogen and oxygen atoms in total. The summed E-state index contributed by atoms with van der Waals surface area (Å²) in [6.45, 7) is 3.01. The predicted octanol–water partition coefficient (Wildman–Crippen LogP) is 1.50. The summed E-state index contributed by atoms with van der Waals surface area (Å²) in [5.74, 6) is 1.03. The summed E-state index contributed by atoms with van der Waals surface area (Å²) >= 11 is 0. The average Bonchev–Trinajstić information content (AvgIpc) is 2.81. The minimum Gasteiger partial charge on any atom is -0.360 e. The lowest BCUT2D eigenvalue weighted by molar-refractivity contribution is -0.116. The molecule has 0 saturated heterocycles. The van der Waals surface area contributed by atoms with Crippen LogP contribution in [0.15, 0.2) is 35.0 Å². The molecule has 0 fully saturated rings. The van der Waals surface area contributed by atoms with Crippen molar-refractivity contribution < 1.29 is 9.32 Å². The highest BCUT2D eigenvalue weighted by atomic mass is 16.5. The second-order valence-electron chi connectivity index (χ2n) is 4.12. The Kier molecular flexibility index (Phi) is 4.63. The zero-order valence-corrected chi connectivity index (χ0v) is 10.7. The Labute approximate surface area is 111 Å². The molecule has 2 aromatic rings. The third kappa shape index (κ3) is 4.51. The van der Waals surface area contributed by atoms with Gasteiger partial charge in [0, 0.05) is 31.8 Å². The summed E-state index contributed by atoms with van der Waals surface area (Å²) in [6, 6.07) is 7.42. The summed E-state index contributed by atoms with van der Waals surface area (Å²) < 4.78 is 4.86. The molecule has 0 unspecified atom stereocenters. The molecule has 19 heavy (non-hydrogen) atoms. The van der Waals surface area contributed by atoms with Crippen molar-refractivity contribution in [3.05, 3.63) is 41.9 Å². The van der Waals surface area contributed by atoms with Crippen molar-refractivity contribution in [1.82, 2.24) is 15.5 Å². The summed E-state index contributed by atoms with van der Waals surface area (Å²) in [7, 11) is 0. The normalized spacial score (nSPS) is 10.4. The number of aryl methyl sites for hydroxylation is 1. The van der Waals surface area contributed by atoms with Crippen molar-refractivity contribution in [2.45, 2.75) is 19.9 Å². The Morgan fingerprint density at radius 3 is 3.00 bits per heavy atom. The number of nitrogens with one attached hydrogen (secondary N) is 2. The van der Waals surface area contributed by atoms with Gasteiger partial charge in [0.1, 0.15) is 5.76 Å². The summed E-state index contributed by atoms with van der Waals surface area (Å²) in [6.07, 6.45) is 2.12. The van der Waals surface area contributed by atoms with Gasteiger partial charge in [-0.1, -0.05) is 11.2 Å². The Morgan fingerprint density at radius 2 is 2.32 bits per heavy atom. The maximum absolute atomic E-state index is 11.6. The molecule has 0 aliphatic heterocycles. The summed E-state index contributed by atoms with van der Waals surface area (Å²) in [4.78, 5) is 15.8. The molecular weight excluding hydrogens is 244 g/mol. The molecular formula is C13H16N4O2. The molecule has 0 bridgehead atoms. The lowest BCUT2D eigenvalue weighted by Crippen LogP contribution is -2.21. The monoisotopic (exact) mass is 260 g/mol. The number of aromatic nitrogens is 2. The molecule has 100 valence electrons. The van der Waals surface area contributed by atoms with Gasteiger partial charge < -0.3 is 15.2 Å². The van der Waals surface area contributed by atoms with Crippen LogP contribution in [-0.2, 0) is 11.3 Å². The number of hydrogen-bond donors (Lipinski definition) is 2. The van der Waals surface area contributed by atoms with Crippen LogP contribution in [0.5, 0.6) is 0 Å². The molecule has 0 spiro atoms. The van der Waals surface area contributed by atoms with Gasteiger partial charge in [-0.25, -0.2) is 0 Å². The van der Waals surface area contributed by atoms with Gasteiger partial charge in [-0.2, -0.15) is 0 Å². The van der Waals surface area contributed by atoms with E-state index in [1.54, 1.807) is 19.2 Å². The Hall–Kier alpha value is -2.21. The first-order valence-corrected chi connectivity index (χ1v) is 6.08. The number of carbonyl (C=O) groups is 1. The van der Waals surface area contributed by atoms with Gasteiger partial charge in [-0.15, -0.1) is 0 Å². The first-order valence-electron chi connectivity index (χ1n) is 6.08. The fraction of sp³-hybridized carbons (Fsp3) is 0.308. The molecule has 0 aliphatic carbocycles. The number of rotatable bonds is 6. The quantitative estimate of drug-likeness (QED) is 0.769. The average molecular weight is 260 g/mol. The molecule has 6 heteroatoms. The molecule has 0 radical (unpaired) electrons. The SMILES string of the molecule is Cc1cc(NC(=O)CCNCc2ccccn2)no1. The van der Waals surface area contributed by atoms with Crippen molar-refractivity contribution in [1.29, 1.82) is 0 Å². The molecule has 0 aromatic carbocycles. The van der Waals surface area contributed by atoms with Crippen LogP contribution in [0.1, 0.15) is 17.9 Å². The van der Waals surface area contributed by atoms with Gasteiger partial charge in [-0.05, 0) is 19.1 Å². The van der Waals surface area contributed by atoms with Crippen molar-refractivity contribution in [2.75, 3.05) is 11.9 Å². The van der Waals surface area contributed by atoms with Crippen molar-refractivity contribution in [2.24, 2.45) is 0 Å². The first-order chi connectivity index (χ1) is 9.24. The number of hydrogen-bond acceptors (Lipinski definition) is 5. The van der Waals surface area contributed by atoms with Crippen LogP contribution in [-0.4, -0.2) is 22.6 Å². The highest BCUT2D eigenvalue weighted by Gasteiger charge is 2.05. The van der Waals surface area contributed by atoms with Crippen LogP contribution >= 0.6 is 0 Å². The molecule has 2 rings (SSSR count). The van der Waals surface area contributed by atoms with E-state index in [2.05, 4.69) is 20.8 Å². The minimum atomic E-state index is -0.0955. The topological polar surface area (TPSA) is 80.0 Å². The number of anilines is 1. The third-order valence-corrected chi connectivity index (χ3v) is 2.46. The second kappa shape index (κ2) is 6.65. The molecule has 1 amide bonds. The largest absolute Gasteiger partial charge is 0.360 e. The van der Waals surface area contributed by atoms with Crippen LogP contribution in [0.2, 0.25) is 0 Å². The van der Waals surface area contributed by atoms with E-state index < -0.39 is 0 Å². The van der Waals surface area contributed by atoms with Gasteiger partial charge in [-0.3, -0.25) is 9.78 Å². The van der Waals surface area contributed by atoms with Gasteiger partial charge in [0.25, 0.3) is 0 Å². The van der Waals surface area contributed by atoms with Crippen molar-refractivity contribution in [3.8, 4) is 0 Å². The maximum Gasteiger partial charge on any atom is 0.226 e. The number of nitrogens with zero attached hydrogens (tertiary/aromatic N) is 2. The highest BCUT2D eigenvalue weighted by molar-refractivity contribution is 5.89. The minimum absolute atomic E-state index is 0.0955. The summed E-state index contributed by atoms with van der Waals surface area (Å²) in [5.41, 5.74) is 0.954. The maximum atomic E-state index is 11.6. The van der Waals surface area contributed by atoms with Crippen LogP contribution in [0.3, 0.4) is 0 Å². The second-order valence-corrected chi connectivity index (χ2v) is 4.12. The number of amides is 1. The van der Waals surface area contributed by atoms with Crippen LogP contribution in [0, 0.1) is 6.92 Å². The zero-order valence-electron chi connectivity index (χ0n) is 10.7. The van der Waals surface area contributed by atoms with E-state index in [-0.39, 0.29) is 5.91 Å². The number of carbonyl (C=O) groups excluding carboxylic acids is 1. The molecule has 0 atom stereocenters. The van der Waals surface area contributed by atoms with Gasteiger partial charge in [0.05, 0.1) is 5.69 Å². The molecule has 2 heterocycles. The van der Waals surface area contributed by atoms with Crippen molar-refractivity contribution in [3.63, 3.8) is 0 Å². The van der Waals surface area contributed by atoms with Crippen molar-refractivity contribution >= 4 is 11.7 Å². The summed E-state index contributed by atoms with van der Waals surface area (Å²) in [5, 5.41) is 9.51. The van der Waals surface area contributed by atoms with E-state index in [4.69, 9.17) is 4.52 Å². The van der Waals surface area contributed by atoms with Gasteiger partial charge >= 0.3 is 0 Å². The Morgan fingerprint density at radius 1 is 1.42 bits per heavy atom. The molecule has 2 aromatic heterocycles. The fourth-order valence-corrected chi connectivity index (χ4v) is 1.55. The Bertz CT molecular complexity index is 524. The van der Waals surface area contributed by atoms with Gasteiger partial charge in [0.2, 0.25) is 5.91 Å².